The van der Waals surface area contributed by atoms with E-state index in [-0.39, 0.29) is 11.8 Å². The Balaban J connectivity index is 1.93. The summed E-state index contributed by atoms with van der Waals surface area (Å²) < 4.78 is 0. The number of carbonyl (C=O) groups excluding carboxylic acids is 1. The van der Waals surface area contributed by atoms with Crippen molar-refractivity contribution in [3.05, 3.63) is 21.9 Å². The fraction of sp³-hybridized carbons (Fsp3) is 0.615. The zero-order chi connectivity index (χ0) is 12.3. The first-order valence-electron chi connectivity index (χ1n) is 6.16. The van der Waals surface area contributed by atoms with Crippen LogP contribution < -0.4 is 5.32 Å². The van der Waals surface area contributed by atoms with Crippen molar-refractivity contribution < 1.29 is 4.79 Å². The number of hydrogen-bond acceptors (Lipinski definition) is 2. The Hall–Kier alpha value is -0.350. The molecule has 1 aromatic heterocycles. The molecule has 0 saturated heterocycles. The van der Waals surface area contributed by atoms with E-state index in [1.54, 1.807) is 11.3 Å². The molecule has 0 fully saturated rings. The van der Waals surface area contributed by atoms with Gasteiger partial charge in [0.15, 0.2) is 0 Å². The van der Waals surface area contributed by atoms with E-state index < -0.39 is 0 Å². The summed E-state index contributed by atoms with van der Waals surface area (Å²) in [5.74, 6) is 0.299. The van der Waals surface area contributed by atoms with Crippen LogP contribution in [0.1, 0.15) is 42.5 Å². The number of thiophene rings is 1. The van der Waals surface area contributed by atoms with E-state index in [1.165, 1.54) is 10.4 Å². The summed E-state index contributed by atoms with van der Waals surface area (Å²) in [6.07, 6.45) is 4.27. The molecule has 0 bridgehead atoms. The molecule has 0 aliphatic heterocycles. The van der Waals surface area contributed by atoms with Crippen LogP contribution in [-0.4, -0.2) is 17.3 Å². The second-order valence-corrected chi connectivity index (χ2v) is 7.17. The third-order valence-corrected chi connectivity index (χ3v) is 4.66. The van der Waals surface area contributed by atoms with Crippen LogP contribution in [0.5, 0.6) is 0 Å². The lowest BCUT2D eigenvalue weighted by Crippen LogP contribution is -2.32. The SMILES string of the molecule is CC(Br)CCNC(=O)C1CCCc2sccc21. The number of amides is 1. The fourth-order valence-corrected chi connectivity index (χ4v) is 3.49. The summed E-state index contributed by atoms with van der Waals surface area (Å²) in [7, 11) is 0. The number of aryl methyl sites for hydroxylation is 1. The summed E-state index contributed by atoms with van der Waals surface area (Å²) in [4.78, 5) is 14.0. The van der Waals surface area contributed by atoms with Crippen LogP contribution in [0.15, 0.2) is 11.4 Å². The molecule has 1 aromatic rings. The van der Waals surface area contributed by atoms with Crippen LogP contribution in [0.2, 0.25) is 0 Å². The van der Waals surface area contributed by atoms with Gasteiger partial charge in [0.2, 0.25) is 5.91 Å². The van der Waals surface area contributed by atoms with Gasteiger partial charge in [-0.15, -0.1) is 11.3 Å². The molecule has 0 spiro atoms. The maximum absolute atomic E-state index is 12.1. The predicted molar refractivity (Wildman–Crippen MR) is 76.0 cm³/mol. The monoisotopic (exact) mass is 315 g/mol. The summed E-state index contributed by atoms with van der Waals surface area (Å²) in [5.41, 5.74) is 1.27. The average Bonchev–Trinajstić information content (AvgIpc) is 2.75. The molecule has 2 rings (SSSR count). The van der Waals surface area contributed by atoms with Gasteiger partial charge in [-0.05, 0) is 42.7 Å². The van der Waals surface area contributed by atoms with Crippen molar-refractivity contribution in [2.24, 2.45) is 0 Å². The van der Waals surface area contributed by atoms with E-state index in [1.807, 2.05) is 0 Å². The lowest BCUT2D eigenvalue weighted by Gasteiger charge is -2.21. The Bertz CT molecular complexity index is 389. The average molecular weight is 316 g/mol. The molecular weight excluding hydrogens is 298 g/mol. The van der Waals surface area contributed by atoms with Crippen molar-refractivity contribution in [1.29, 1.82) is 0 Å². The molecule has 1 heterocycles. The quantitative estimate of drug-likeness (QED) is 0.847. The van der Waals surface area contributed by atoms with Crippen LogP contribution >= 0.6 is 27.3 Å². The van der Waals surface area contributed by atoms with E-state index in [0.29, 0.717) is 4.83 Å². The van der Waals surface area contributed by atoms with Gasteiger partial charge in [-0.25, -0.2) is 0 Å². The Kier molecular flexibility index (Phi) is 4.62. The van der Waals surface area contributed by atoms with E-state index in [2.05, 4.69) is 39.6 Å². The van der Waals surface area contributed by atoms with Gasteiger partial charge in [-0.3, -0.25) is 4.79 Å². The van der Waals surface area contributed by atoms with Gasteiger partial charge >= 0.3 is 0 Å². The number of alkyl halides is 1. The minimum Gasteiger partial charge on any atom is -0.356 e. The largest absolute Gasteiger partial charge is 0.356 e. The molecule has 0 saturated carbocycles. The van der Waals surface area contributed by atoms with Gasteiger partial charge in [-0.2, -0.15) is 0 Å². The fourth-order valence-electron chi connectivity index (χ4n) is 2.28. The van der Waals surface area contributed by atoms with E-state index in [0.717, 1.165) is 32.2 Å². The molecule has 0 aromatic carbocycles. The predicted octanol–water partition coefficient (Wildman–Crippen LogP) is 3.46. The molecule has 2 atom stereocenters. The van der Waals surface area contributed by atoms with Gasteiger partial charge in [0.05, 0.1) is 5.92 Å². The molecule has 0 radical (unpaired) electrons. The highest BCUT2D eigenvalue weighted by Gasteiger charge is 2.26. The molecule has 2 nitrogen and oxygen atoms in total. The number of nitrogens with one attached hydrogen (secondary N) is 1. The lowest BCUT2D eigenvalue weighted by molar-refractivity contribution is -0.122. The lowest BCUT2D eigenvalue weighted by atomic mass is 9.87. The zero-order valence-corrected chi connectivity index (χ0v) is 12.4. The van der Waals surface area contributed by atoms with Gasteiger partial charge in [0.1, 0.15) is 0 Å². The van der Waals surface area contributed by atoms with Crippen LogP contribution in [-0.2, 0) is 11.2 Å². The summed E-state index contributed by atoms with van der Waals surface area (Å²) in [6, 6.07) is 2.12. The van der Waals surface area contributed by atoms with Crippen LogP contribution in [0.25, 0.3) is 0 Å². The number of halogens is 1. The van der Waals surface area contributed by atoms with Crippen LogP contribution in [0.3, 0.4) is 0 Å². The standard InChI is InChI=1S/C13H18BrNOS/c1-9(14)5-7-15-13(16)11-3-2-4-12-10(11)6-8-17-12/h6,8-9,11H,2-5,7H2,1H3,(H,15,16). The van der Waals surface area contributed by atoms with E-state index in [9.17, 15) is 4.79 Å². The molecule has 1 aliphatic rings. The Labute approximate surface area is 115 Å². The first-order chi connectivity index (χ1) is 8.18. The highest BCUT2D eigenvalue weighted by atomic mass is 79.9. The minimum absolute atomic E-state index is 0.0932. The minimum atomic E-state index is 0.0932. The first kappa shape index (κ1) is 13.1. The molecule has 17 heavy (non-hydrogen) atoms. The third-order valence-electron chi connectivity index (χ3n) is 3.21. The smallest absolute Gasteiger partial charge is 0.227 e. The van der Waals surface area contributed by atoms with Crippen LogP contribution in [0.4, 0.5) is 0 Å². The van der Waals surface area contributed by atoms with Crippen molar-refractivity contribution >= 4 is 33.2 Å². The highest BCUT2D eigenvalue weighted by Crippen LogP contribution is 2.34. The second-order valence-electron chi connectivity index (χ2n) is 4.60. The molecule has 4 heteroatoms. The van der Waals surface area contributed by atoms with Crippen molar-refractivity contribution in [1.82, 2.24) is 5.32 Å². The third kappa shape index (κ3) is 3.32. The molecule has 1 amide bonds. The number of carbonyl (C=O) groups is 1. The van der Waals surface area contributed by atoms with Crippen molar-refractivity contribution in [2.45, 2.75) is 43.4 Å². The van der Waals surface area contributed by atoms with E-state index >= 15 is 0 Å². The highest BCUT2D eigenvalue weighted by molar-refractivity contribution is 9.09. The Morgan fingerprint density at radius 2 is 2.53 bits per heavy atom. The maximum atomic E-state index is 12.1. The van der Waals surface area contributed by atoms with Gasteiger partial charge in [0.25, 0.3) is 0 Å². The molecule has 1 aliphatic carbocycles. The molecular formula is C13H18BrNOS. The Morgan fingerprint density at radius 3 is 3.29 bits per heavy atom. The second kappa shape index (κ2) is 6.01. The molecule has 2 unspecified atom stereocenters. The first-order valence-corrected chi connectivity index (χ1v) is 7.96. The van der Waals surface area contributed by atoms with Gasteiger partial charge < -0.3 is 5.32 Å². The summed E-state index contributed by atoms with van der Waals surface area (Å²) >= 11 is 5.28. The zero-order valence-electron chi connectivity index (χ0n) is 10.0. The van der Waals surface area contributed by atoms with Gasteiger partial charge in [0, 0.05) is 16.2 Å². The normalized spacial score (nSPS) is 20.7. The molecule has 1 N–H and O–H groups in total. The number of rotatable bonds is 4. The number of fused-ring (bicyclic) bond motifs is 1. The summed E-state index contributed by atoms with van der Waals surface area (Å²) in [5, 5.41) is 5.16. The maximum Gasteiger partial charge on any atom is 0.227 e. The van der Waals surface area contributed by atoms with Crippen molar-refractivity contribution in [2.75, 3.05) is 6.54 Å². The van der Waals surface area contributed by atoms with Gasteiger partial charge in [-0.1, -0.05) is 22.9 Å². The van der Waals surface area contributed by atoms with E-state index in [4.69, 9.17) is 0 Å². The topological polar surface area (TPSA) is 29.1 Å². The summed E-state index contributed by atoms with van der Waals surface area (Å²) in [6.45, 7) is 2.87. The Morgan fingerprint density at radius 1 is 1.71 bits per heavy atom. The van der Waals surface area contributed by atoms with Crippen molar-refractivity contribution in [3.63, 3.8) is 0 Å². The number of hydrogen-bond donors (Lipinski definition) is 1. The van der Waals surface area contributed by atoms with Crippen LogP contribution in [0, 0.1) is 0 Å². The molecule has 94 valence electrons. The van der Waals surface area contributed by atoms with Crippen molar-refractivity contribution in [3.8, 4) is 0 Å².